The third-order valence-corrected chi connectivity index (χ3v) is 4.39. The monoisotopic (exact) mass is 216 g/mol. The van der Waals surface area contributed by atoms with Crippen molar-refractivity contribution in [3.05, 3.63) is 35.9 Å². The predicted octanol–water partition coefficient (Wildman–Crippen LogP) is 2.90. The standard InChI is InChI=1S/C14H16O2/c15-14(16)13-11-7-6-10(8-11)12(13)9-4-2-1-3-5-9/h1-5,10-13H,6-8H2,(H,15,16)/t10-,11-,12-,13+/m0/s1. The van der Waals surface area contributed by atoms with Crippen molar-refractivity contribution in [1.29, 1.82) is 0 Å². The minimum Gasteiger partial charge on any atom is -0.481 e. The second-order valence-electron chi connectivity index (χ2n) is 5.13. The Balaban J connectivity index is 1.97. The summed E-state index contributed by atoms with van der Waals surface area (Å²) in [7, 11) is 0. The van der Waals surface area contributed by atoms with E-state index in [1.807, 2.05) is 18.2 Å². The molecule has 1 aromatic carbocycles. The summed E-state index contributed by atoms with van der Waals surface area (Å²) >= 11 is 0. The number of aliphatic carboxylic acids is 1. The van der Waals surface area contributed by atoms with Gasteiger partial charge in [0.15, 0.2) is 0 Å². The van der Waals surface area contributed by atoms with Crippen LogP contribution in [0.1, 0.15) is 30.7 Å². The summed E-state index contributed by atoms with van der Waals surface area (Å²) in [4.78, 5) is 11.4. The van der Waals surface area contributed by atoms with Gasteiger partial charge in [0.05, 0.1) is 5.92 Å². The van der Waals surface area contributed by atoms with E-state index in [2.05, 4.69) is 12.1 Å². The molecule has 0 unspecified atom stereocenters. The Morgan fingerprint density at radius 2 is 1.81 bits per heavy atom. The largest absolute Gasteiger partial charge is 0.481 e. The van der Waals surface area contributed by atoms with Crippen LogP contribution in [0.4, 0.5) is 0 Å². The van der Waals surface area contributed by atoms with Gasteiger partial charge in [-0.3, -0.25) is 4.79 Å². The van der Waals surface area contributed by atoms with Crippen LogP contribution in [0.15, 0.2) is 30.3 Å². The van der Waals surface area contributed by atoms with E-state index in [4.69, 9.17) is 0 Å². The van der Waals surface area contributed by atoms with Crippen LogP contribution in [-0.4, -0.2) is 11.1 Å². The Morgan fingerprint density at radius 1 is 1.12 bits per heavy atom. The summed E-state index contributed by atoms with van der Waals surface area (Å²) in [5.41, 5.74) is 1.22. The normalized spacial score (nSPS) is 36.5. The number of benzene rings is 1. The topological polar surface area (TPSA) is 37.3 Å². The van der Waals surface area contributed by atoms with Gasteiger partial charge in [-0.2, -0.15) is 0 Å². The number of fused-ring (bicyclic) bond motifs is 2. The second-order valence-corrected chi connectivity index (χ2v) is 5.13. The van der Waals surface area contributed by atoms with Gasteiger partial charge in [-0.15, -0.1) is 0 Å². The number of hydrogen-bond donors (Lipinski definition) is 1. The van der Waals surface area contributed by atoms with Crippen molar-refractivity contribution in [3.63, 3.8) is 0 Å². The van der Waals surface area contributed by atoms with Gasteiger partial charge >= 0.3 is 5.97 Å². The second kappa shape index (κ2) is 3.62. The van der Waals surface area contributed by atoms with E-state index < -0.39 is 5.97 Å². The first-order chi connectivity index (χ1) is 7.77. The molecule has 0 aliphatic heterocycles. The zero-order chi connectivity index (χ0) is 11.1. The summed E-state index contributed by atoms with van der Waals surface area (Å²) < 4.78 is 0. The van der Waals surface area contributed by atoms with Crippen molar-refractivity contribution >= 4 is 5.97 Å². The maximum absolute atomic E-state index is 11.4. The molecule has 3 rings (SSSR count). The molecule has 1 aromatic rings. The molecular weight excluding hydrogens is 200 g/mol. The van der Waals surface area contributed by atoms with E-state index in [-0.39, 0.29) is 11.8 Å². The molecule has 0 aromatic heterocycles. The highest BCUT2D eigenvalue weighted by Gasteiger charge is 2.51. The summed E-state index contributed by atoms with van der Waals surface area (Å²) in [5.74, 6) is 0.556. The maximum Gasteiger partial charge on any atom is 0.307 e. The van der Waals surface area contributed by atoms with Gasteiger partial charge in [0.2, 0.25) is 0 Å². The first-order valence-electron chi connectivity index (χ1n) is 6.05. The van der Waals surface area contributed by atoms with Gasteiger partial charge in [-0.1, -0.05) is 30.3 Å². The third-order valence-electron chi connectivity index (χ3n) is 4.39. The summed E-state index contributed by atoms with van der Waals surface area (Å²) in [5, 5.41) is 9.37. The quantitative estimate of drug-likeness (QED) is 0.825. The van der Waals surface area contributed by atoms with Crippen molar-refractivity contribution in [2.75, 3.05) is 0 Å². The van der Waals surface area contributed by atoms with Crippen LogP contribution in [0.25, 0.3) is 0 Å². The molecule has 0 amide bonds. The smallest absolute Gasteiger partial charge is 0.307 e. The lowest BCUT2D eigenvalue weighted by Gasteiger charge is -2.28. The minimum absolute atomic E-state index is 0.138. The molecule has 0 saturated heterocycles. The number of carbonyl (C=O) groups is 1. The van der Waals surface area contributed by atoms with Crippen LogP contribution in [0.3, 0.4) is 0 Å². The van der Waals surface area contributed by atoms with Crippen molar-refractivity contribution in [2.45, 2.75) is 25.2 Å². The molecule has 84 valence electrons. The zero-order valence-corrected chi connectivity index (χ0v) is 9.17. The molecule has 16 heavy (non-hydrogen) atoms. The van der Waals surface area contributed by atoms with E-state index in [1.165, 1.54) is 12.0 Å². The molecule has 2 bridgehead atoms. The third kappa shape index (κ3) is 1.36. The first kappa shape index (κ1) is 9.88. The minimum atomic E-state index is -0.596. The van der Waals surface area contributed by atoms with E-state index >= 15 is 0 Å². The van der Waals surface area contributed by atoms with Gasteiger partial charge in [0.25, 0.3) is 0 Å². The van der Waals surface area contributed by atoms with Crippen molar-refractivity contribution in [1.82, 2.24) is 0 Å². The summed E-state index contributed by atoms with van der Waals surface area (Å²) in [6.07, 6.45) is 3.45. The number of hydrogen-bond acceptors (Lipinski definition) is 1. The van der Waals surface area contributed by atoms with Crippen LogP contribution in [-0.2, 0) is 4.79 Å². The average molecular weight is 216 g/mol. The van der Waals surface area contributed by atoms with E-state index in [0.29, 0.717) is 11.8 Å². The molecule has 2 fully saturated rings. The van der Waals surface area contributed by atoms with Crippen molar-refractivity contribution in [3.8, 4) is 0 Å². The van der Waals surface area contributed by atoms with Gasteiger partial charge in [0, 0.05) is 5.92 Å². The SMILES string of the molecule is O=C(O)[C@@H]1[C@H]2CC[C@@H](C2)[C@@H]1c1ccccc1. The fourth-order valence-electron chi connectivity index (χ4n) is 3.80. The van der Waals surface area contributed by atoms with Gasteiger partial charge in [-0.05, 0) is 36.7 Å². The van der Waals surface area contributed by atoms with Gasteiger partial charge < -0.3 is 5.11 Å². The number of carboxylic acids is 1. The van der Waals surface area contributed by atoms with Crippen LogP contribution in [0.5, 0.6) is 0 Å². The van der Waals surface area contributed by atoms with Gasteiger partial charge in [-0.25, -0.2) is 0 Å². The number of rotatable bonds is 2. The molecule has 0 radical (unpaired) electrons. The first-order valence-corrected chi connectivity index (χ1v) is 6.05. The highest BCUT2D eigenvalue weighted by atomic mass is 16.4. The van der Waals surface area contributed by atoms with Crippen LogP contribution in [0.2, 0.25) is 0 Å². The van der Waals surface area contributed by atoms with Crippen LogP contribution < -0.4 is 0 Å². The summed E-state index contributed by atoms with van der Waals surface area (Å²) in [6.45, 7) is 0. The Morgan fingerprint density at radius 3 is 2.50 bits per heavy atom. The molecule has 0 spiro atoms. The maximum atomic E-state index is 11.4. The molecule has 0 heterocycles. The van der Waals surface area contributed by atoms with Crippen molar-refractivity contribution < 1.29 is 9.90 Å². The van der Waals surface area contributed by atoms with E-state index in [9.17, 15) is 9.90 Å². The molecule has 2 aliphatic rings. The van der Waals surface area contributed by atoms with Crippen LogP contribution >= 0.6 is 0 Å². The highest BCUT2D eigenvalue weighted by molar-refractivity contribution is 5.72. The average Bonchev–Trinajstić information content (AvgIpc) is 2.89. The molecule has 4 atom stereocenters. The Bertz CT molecular complexity index is 398. The molecule has 2 saturated carbocycles. The Labute approximate surface area is 95.3 Å². The molecule has 1 N–H and O–H groups in total. The number of carboxylic acid groups (broad SMARTS) is 1. The predicted molar refractivity (Wildman–Crippen MR) is 61.1 cm³/mol. The Kier molecular flexibility index (Phi) is 2.23. The lowest BCUT2D eigenvalue weighted by molar-refractivity contribution is -0.144. The fraction of sp³-hybridized carbons (Fsp3) is 0.500. The molecule has 2 heteroatoms. The lowest BCUT2D eigenvalue weighted by Crippen LogP contribution is -2.27. The molecular formula is C14H16O2. The zero-order valence-electron chi connectivity index (χ0n) is 9.17. The molecule has 2 nitrogen and oxygen atoms in total. The molecule has 2 aliphatic carbocycles. The van der Waals surface area contributed by atoms with E-state index in [1.54, 1.807) is 0 Å². The van der Waals surface area contributed by atoms with Crippen molar-refractivity contribution in [2.24, 2.45) is 17.8 Å². The van der Waals surface area contributed by atoms with Crippen LogP contribution in [0, 0.1) is 17.8 Å². The highest BCUT2D eigenvalue weighted by Crippen LogP contribution is 2.56. The fourth-order valence-corrected chi connectivity index (χ4v) is 3.80. The Hall–Kier alpha value is -1.31. The lowest BCUT2D eigenvalue weighted by atomic mass is 9.75. The van der Waals surface area contributed by atoms with E-state index in [0.717, 1.165) is 12.8 Å². The summed E-state index contributed by atoms with van der Waals surface area (Å²) in [6, 6.07) is 10.2. The van der Waals surface area contributed by atoms with Gasteiger partial charge in [0.1, 0.15) is 0 Å².